The molecule has 192 valence electrons. The Morgan fingerprint density at radius 2 is 1.84 bits per heavy atom. The fraction of sp³-hybridized carbons (Fsp3) is 0.269. The normalized spacial score (nSPS) is 11.9. The van der Waals surface area contributed by atoms with Crippen LogP contribution in [0.4, 0.5) is 8.78 Å². The fourth-order valence-electron chi connectivity index (χ4n) is 4.00. The summed E-state index contributed by atoms with van der Waals surface area (Å²) in [6.07, 6.45) is 1.95. The van der Waals surface area contributed by atoms with E-state index in [-0.39, 0.29) is 35.2 Å². The van der Waals surface area contributed by atoms with Crippen LogP contribution < -0.4 is 11.0 Å². The van der Waals surface area contributed by atoms with Crippen molar-refractivity contribution >= 4 is 28.6 Å². The number of nitrogens with zero attached hydrogens (tertiary/aromatic N) is 4. The third kappa shape index (κ3) is 4.90. The van der Waals surface area contributed by atoms with E-state index in [1.165, 1.54) is 22.1 Å². The van der Waals surface area contributed by atoms with Gasteiger partial charge in [-0.05, 0) is 50.1 Å². The lowest BCUT2D eigenvalue weighted by atomic mass is 10.1. The molecule has 1 amide bonds. The molecule has 3 aromatic heterocycles. The number of methoxy groups -OCH3 is 1. The molecule has 4 rings (SSSR count). The zero-order valence-corrected chi connectivity index (χ0v) is 20.5. The van der Waals surface area contributed by atoms with Crippen LogP contribution >= 0.6 is 0 Å². The van der Waals surface area contributed by atoms with Crippen LogP contribution in [-0.2, 0) is 16.0 Å². The molecule has 0 fully saturated rings. The van der Waals surface area contributed by atoms with Gasteiger partial charge >= 0.3 is 5.97 Å². The van der Waals surface area contributed by atoms with Crippen molar-refractivity contribution in [2.45, 2.75) is 26.8 Å². The second kappa shape index (κ2) is 10.8. The first-order chi connectivity index (χ1) is 17.8. The van der Waals surface area contributed by atoms with Crippen molar-refractivity contribution in [2.75, 3.05) is 20.3 Å². The monoisotopic (exact) mass is 510 g/mol. The van der Waals surface area contributed by atoms with Gasteiger partial charge in [0.25, 0.3) is 11.5 Å². The minimum Gasteiger partial charge on any atom is -0.462 e. The summed E-state index contributed by atoms with van der Waals surface area (Å²) in [5.74, 6) is -4.30. The van der Waals surface area contributed by atoms with E-state index >= 15 is 0 Å². The van der Waals surface area contributed by atoms with E-state index < -0.39 is 34.6 Å². The van der Waals surface area contributed by atoms with E-state index in [9.17, 15) is 23.2 Å². The molecule has 1 aromatic carbocycles. The minimum absolute atomic E-state index is 0.00399. The summed E-state index contributed by atoms with van der Waals surface area (Å²) in [5.41, 5.74) is -0.563. The van der Waals surface area contributed by atoms with Crippen LogP contribution in [0.2, 0.25) is 0 Å². The van der Waals surface area contributed by atoms with E-state index in [0.717, 1.165) is 18.2 Å². The van der Waals surface area contributed by atoms with Crippen LogP contribution in [0.15, 0.2) is 52.4 Å². The Balaban J connectivity index is 2.15. The molecule has 0 bridgehead atoms. The summed E-state index contributed by atoms with van der Waals surface area (Å²) >= 11 is 0. The van der Waals surface area contributed by atoms with Crippen molar-refractivity contribution in [3.8, 4) is 0 Å². The Hall–Kier alpha value is -4.25. The van der Waals surface area contributed by atoms with E-state index in [1.54, 1.807) is 32.2 Å². The third-order valence-electron chi connectivity index (χ3n) is 5.71. The first kappa shape index (κ1) is 25.8. The Kier molecular flexibility index (Phi) is 7.53. The van der Waals surface area contributed by atoms with Crippen molar-refractivity contribution in [1.29, 1.82) is 0 Å². The number of benzene rings is 1. The molecule has 3 heterocycles. The van der Waals surface area contributed by atoms with Gasteiger partial charge in [0.2, 0.25) is 0 Å². The molecule has 0 aliphatic heterocycles. The van der Waals surface area contributed by atoms with Gasteiger partial charge in [0.1, 0.15) is 34.1 Å². The molecule has 0 spiro atoms. The lowest BCUT2D eigenvalue weighted by Crippen LogP contribution is -2.33. The van der Waals surface area contributed by atoms with Crippen molar-refractivity contribution in [2.24, 2.45) is 4.99 Å². The number of aryl methyl sites for hydroxylation is 2. The molecule has 0 aliphatic carbocycles. The van der Waals surface area contributed by atoms with Crippen molar-refractivity contribution in [3.63, 3.8) is 0 Å². The number of hydrogen-bond donors (Lipinski definition) is 0. The molecule has 4 aromatic rings. The molecule has 0 unspecified atom stereocenters. The summed E-state index contributed by atoms with van der Waals surface area (Å²) in [6.45, 7) is 3.81. The summed E-state index contributed by atoms with van der Waals surface area (Å²) in [5, 5.41) is 0.0760. The fourth-order valence-corrected chi connectivity index (χ4v) is 4.00. The van der Waals surface area contributed by atoms with E-state index in [2.05, 4.69) is 9.98 Å². The predicted molar refractivity (Wildman–Crippen MR) is 130 cm³/mol. The SMILES string of the molecule is CCOC(=O)c1cc2c(=O)n3cccc(C)c3nc2n(CCCOC)c1=NC(=O)c1c(F)cccc1F. The van der Waals surface area contributed by atoms with Gasteiger partial charge in [-0.3, -0.25) is 14.0 Å². The van der Waals surface area contributed by atoms with Gasteiger partial charge in [-0.2, -0.15) is 4.99 Å². The number of ether oxygens (including phenoxy) is 2. The topological polar surface area (TPSA) is 104 Å². The maximum atomic E-state index is 14.4. The Labute approximate surface area is 209 Å². The average Bonchev–Trinajstić information content (AvgIpc) is 2.86. The molecular formula is C26H24F2N4O5. The van der Waals surface area contributed by atoms with Crippen molar-refractivity contribution in [3.05, 3.63) is 86.8 Å². The average molecular weight is 510 g/mol. The number of hydrogen-bond acceptors (Lipinski definition) is 6. The third-order valence-corrected chi connectivity index (χ3v) is 5.71. The van der Waals surface area contributed by atoms with Gasteiger partial charge < -0.3 is 14.0 Å². The predicted octanol–water partition coefficient (Wildman–Crippen LogP) is 3.19. The second-order valence-corrected chi connectivity index (χ2v) is 8.15. The number of halogens is 2. The highest BCUT2D eigenvalue weighted by Gasteiger charge is 2.22. The number of amides is 1. The van der Waals surface area contributed by atoms with Gasteiger partial charge in [-0.1, -0.05) is 12.1 Å². The van der Waals surface area contributed by atoms with Crippen LogP contribution in [0.1, 0.15) is 39.6 Å². The molecular weight excluding hydrogens is 486 g/mol. The van der Waals surface area contributed by atoms with Crippen LogP contribution in [0.3, 0.4) is 0 Å². The molecule has 0 N–H and O–H groups in total. The Morgan fingerprint density at radius 3 is 2.51 bits per heavy atom. The molecule has 0 aliphatic rings. The van der Waals surface area contributed by atoms with Crippen LogP contribution in [0.5, 0.6) is 0 Å². The molecule has 11 heteroatoms. The highest BCUT2D eigenvalue weighted by Crippen LogP contribution is 2.16. The van der Waals surface area contributed by atoms with E-state index in [0.29, 0.717) is 24.2 Å². The number of aromatic nitrogens is 3. The van der Waals surface area contributed by atoms with Crippen molar-refractivity contribution in [1.82, 2.24) is 14.0 Å². The summed E-state index contributed by atoms with van der Waals surface area (Å²) in [6, 6.07) is 7.71. The van der Waals surface area contributed by atoms with Crippen LogP contribution in [0, 0.1) is 18.6 Å². The number of rotatable bonds is 7. The number of esters is 1. The second-order valence-electron chi connectivity index (χ2n) is 8.15. The lowest BCUT2D eigenvalue weighted by Gasteiger charge is -2.15. The van der Waals surface area contributed by atoms with Crippen LogP contribution in [0.25, 0.3) is 16.7 Å². The quantitative estimate of drug-likeness (QED) is 0.215. The maximum absolute atomic E-state index is 14.4. The van der Waals surface area contributed by atoms with E-state index in [1.807, 2.05) is 0 Å². The summed E-state index contributed by atoms with van der Waals surface area (Å²) in [7, 11) is 1.51. The number of pyridine rings is 2. The van der Waals surface area contributed by atoms with Gasteiger partial charge in [-0.25, -0.2) is 18.6 Å². The van der Waals surface area contributed by atoms with Gasteiger partial charge in [0, 0.05) is 26.5 Å². The number of carbonyl (C=O) groups is 2. The molecule has 0 saturated heterocycles. The first-order valence-electron chi connectivity index (χ1n) is 11.5. The van der Waals surface area contributed by atoms with Crippen molar-refractivity contribution < 1.29 is 27.8 Å². The zero-order chi connectivity index (χ0) is 26.7. The Morgan fingerprint density at radius 1 is 1.11 bits per heavy atom. The highest BCUT2D eigenvalue weighted by atomic mass is 19.1. The highest BCUT2D eigenvalue weighted by molar-refractivity contribution is 5.97. The van der Waals surface area contributed by atoms with Gasteiger partial charge in [-0.15, -0.1) is 0 Å². The minimum atomic E-state index is -1.24. The largest absolute Gasteiger partial charge is 0.462 e. The molecule has 0 radical (unpaired) electrons. The van der Waals surface area contributed by atoms with Crippen LogP contribution in [-0.4, -0.2) is 46.2 Å². The Bertz CT molecular complexity index is 1640. The first-order valence-corrected chi connectivity index (χ1v) is 11.5. The zero-order valence-electron chi connectivity index (χ0n) is 20.5. The molecule has 0 saturated carbocycles. The summed E-state index contributed by atoms with van der Waals surface area (Å²) in [4.78, 5) is 48.0. The standard InChI is InChI=1S/C26H24F2N4O5/c1-4-37-26(35)17-14-16-22(29-21-15(2)8-6-11-32(21)25(16)34)31(12-7-13-36-3)23(17)30-24(33)20-18(27)9-5-10-19(20)28/h5-6,8-11,14H,4,7,12-13H2,1-3H3. The maximum Gasteiger partial charge on any atom is 0.341 e. The van der Waals surface area contributed by atoms with E-state index in [4.69, 9.17) is 9.47 Å². The van der Waals surface area contributed by atoms with Gasteiger partial charge in [0.15, 0.2) is 5.49 Å². The molecule has 37 heavy (non-hydrogen) atoms. The number of fused-ring (bicyclic) bond motifs is 2. The lowest BCUT2D eigenvalue weighted by molar-refractivity contribution is 0.0523. The van der Waals surface area contributed by atoms with Gasteiger partial charge in [0.05, 0.1) is 12.0 Å². The summed E-state index contributed by atoms with van der Waals surface area (Å²) < 4.78 is 41.8. The molecule has 0 atom stereocenters. The molecule has 9 nitrogen and oxygen atoms in total. The smallest absolute Gasteiger partial charge is 0.341 e. The number of carbonyl (C=O) groups excluding carboxylic acids is 2.